The third-order valence-corrected chi connectivity index (χ3v) is 3.94. The maximum atomic E-state index is 11.5. The summed E-state index contributed by atoms with van der Waals surface area (Å²) in [6.45, 7) is 0. The van der Waals surface area contributed by atoms with Gasteiger partial charge in [-0.2, -0.15) is 0 Å². The molecule has 1 unspecified atom stereocenters. The summed E-state index contributed by atoms with van der Waals surface area (Å²) in [5, 5.41) is 9.76. The minimum atomic E-state index is -0.240. The Kier molecular flexibility index (Phi) is 4.20. The SMILES string of the molecule is COC(=O)CC(c1ccc(C=O)c(O)c1)C1CCC1. The summed E-state index contributed by atoms with van der Waals surface area (Å²) in [7, 11) is 1.38. The fourth-order valence-electron chi connectivity index (χ4n) is 2.55. The molecule has 0 radical (unpaired) electrons. The number of ether oxygens (including phenoxy) is 1. The van der Waals surface area contributed by atoms with E-state index in [1.807, 2.05) is 6.07 Å². The van der Waals surface area contributed by atoms with E-state index >= 15 is 0 Å². The van der Waals surface area contributed by atoms with E-state index in [4.69, 9.17) is 4.74 Å². The first kappa shape index (κ1) is 13.6. The zero-order chi connectivity index (χ0) is 13.8. The zero-order valence-electron chi connectivity index (χ0n) is 11.0. The highest BCUT2D eigenvalue weighted by atomic mass is 16.5. The van der Waals surface area contributed by atoms with Crippen LogP contribution in [0.4, 0.5) is 0 Å². The Morgan fingerprint density at radius 1 is 1.53 bits per heavy atom. The standard InChI is InChI=1S/C15H18O4/c1-19-15(18)8-13(10-3-2-4-10)11-5-6-12(9-16)14(17)7-11/h5-7,9-10,13,17H,2-4,8H2,1H3. The number of methoxy groups -OCH3 is 1. The third-order valence-electron chi connectivity index (χ3n) is 3.94. The largest absolute Gasteiger partial charge is 0.507 e. The van der Waals surface area contributed by atoms with Gasteiger partial charge in [-0.25, -0.2) is 0 Å². The van der Waals surface area contributed by atoms with Crippen molar-refractivity contribution in [3.8, 4) is 5.75 Å². The van der Waals surface area contributed by atoms with E-state index in [1.165, 1.54) is 13.5 Å². The fraction of sp³-hybridized carbons (Fsp3) is 0.467. The summed E-state index contributed by atoms with van der Waals surface area (Å²) in [5.74, 6) is 0.255. The molecule has 0 saturated heterocycles. The van der Waals surface area contributed by atoms with Gasteiger partial charge in [0.05, 0.1) is 19.1 Å². The normalized spacial score (nSPS) is 16.5. The summed E-state index contributed by atoms with van der Waals surface area (Å²) in [6.07, 6.45) is 4.31. The Morgan fingerprint density at radius 2 is 2.26 bits per heavy atom. The van der Waals surface area contributed by atoms with Crippen LogP contribution in [0.3, 0.4) is 0 Å². The quantitative estimate of drug-likeness (QED) is 0.654. The highest BCUT2D eigenvalue weighted by Gasteiger charge is 2.30. The van der Waals surface area contributed by atoms with E-state index in [1.54, 1.807) is 12.1 Å². The van der Waals surface area contributed by atoms with E-state index in [0.29, 0.717) is 18.6 Å². The maximum absolute atomic E-state index is 11.5. The summed E-state index contributed by atoms with van der Waals surface area (Å²) < 4.78 is 4.74. The van der Waals surface area contributed by atoms with E-state index in [0.717, 1.165) is 18.4 Å². The van der Waals surface area contributed by atoms with Crippen LogP contribution >= 0.6 is 0 Å². The van der Waals surface area contributed by atoms with Crippen LogP contribution < -0.4 is 0 Å². The highest BCUT2D eigenvalue weighted by molar-refractivity contribution is 5.79. The van der Waals surface area contributed by atoms with Gasteiger partial charge in [0.15, 0.2) is 6.29 Å². The Hall–Kier alpha value is -1.84. The van der Waals surface area contributed by atoms with Gasteiger partial charge < -0.3 is 9.84 Å². The number of rotatable bonds is 5. The number of esters is 1. The predicted molar refractivity (Wildman–Crippen MR) is 70.2 cm³/mol. The lowest BCUT2D eigenvalue weighted by Gasteiger charge is -2.33. The van der Waals surface area contributed by atoms with Crippen molar-refractivity contribution in [2.75, 3.05) is 7.11 Å². The molecule has 1 fully saturated rings. The number of phenolic OH excluding ortho intramolecular Hbond substituents is 1. The number of hydrogen-bond donors (Lipinski definition) is 1. The van der Waals surface area contributed by atoms with Gasteiger partial charge in [-0.3, -0.25) is 9.59 Å². The molecular weight excluding hydrogens is 244 g/mol. The number of hydrogen-bond acceptors (Lipinski definition) is 4. The first-order valence-corrected chi connectivity index (χ1v) is 6.50. The molecule has 1 aromatic rings. The lowest BCUT2D eigenvalue weighted by atomic mass is 9.71. The number of aldehydes is 1. The molecule has 102 valence electrons. The van der Waals surface area contributed by atoms with Crippen LogP contribution in [-0.4, -0.2) is 24.5 Å². The van der Waals surface area contributed by atoms with Crippen LogP contribution in [0.5, 0.6) is 5.75 Å². The number of carbonyl (C=O) groups excluding carboxylic acids is 2. The van der Waals surface area contributed by atoms with Crippen LogP contribution in [-0.2, 0) is 9.53 Å². The fourth-order valence-corrected chi connectivity index (χ4v) is 2.55. The maximum Gasteiger partial charge on any atom is 0.306 e. The minimum Gasteiger partial charge on any atom is -0.507 e. The van der Waals surface area contributed by atoms with Gasteiger partial charge in [-0.1, -0.05) is 12.5 Å². The number of benzene rings is 1. The molecule has 4 heteroatoms. The Bertz CT molecular complexity index is 477. The second-order valence-electron chi connectivity index (χ2n) is 5.01. The molecule has 0 amide bonds. The first-order chi connectivity index (χ1) is 9.15. The molecule has 0 aliphatic heterocycles. The average Bonchev–Trinajstić information content (AvgIpc) is 2.35. The van der Waals surface area contributed by atoms with Crippen molar-refractivity contribution in [3.63, 3.8) is 0 Å². The topological polar surface area (TPSA) is 63.6 Å². The number of phenols is 1. The van der Waals surface area contributed by atoms with Crippen LogP contribution in [0.25, 0.3) is 0 Å². The summed E-state index contributed by atoms with van der Waals surface area (Å²) in [6, 6.07) is 5.01. The van der Waals surface area contributed by atoms with Gasteiger partial charge in [-0.15, -0.1) is 0 Å². The van der Waals surface area contributed by atoms with Crippen molar-refractivity contribution in [1.29, 1.82) is 0 Å². The van der Waals surface area contributed by atoms with Gasteiger partial charge in [0, 0.05) is 0 Å². The van der Waals surface area contributed by atoms with E-state index in [9.17, 15) is 14.7 Å². The Balaban J connectivity index is 2.24. The average molecular weight is 262 g/mol. The predicted octanol–water partition coefficient (Wildman–Crippen LogP) is 2.65. The zero-order valence-corrected chi connectivity index (χ0v) is 11.0. The molecule has 0 spiro atoms. The Labute approximate surface area is 112 Å². The van der Waals surface area contributed by atoms with Crippen molar-refractivity contribution < 1.29 is 19.4 Å². The summed E-state index contributed by atoms with van der Waals surface area (Å²) in [5.41, 5.74) is 1.17. The van der Waals surface area contributed by atoms with Crippen LogP contribution in [0.2, 0.25) is 0 Å². The van der Waals surface area contributed by atoms with Crippen molar-refractivity contribution in [1.82, 2.24) is 0 Å². The molecule has 2 rings (SSSR count). The summed E-state index contributed by atoms with van der Waals surface area (Å²) in [4.78, 5) is 22.2. The van der Waals surface area contributed by atoms with Gasteiger partial charge in [0.1, 0.15) is 5.75 Å². The molecule has 1 aromatic carbocycles. The van der Waals surface area contributed by atoms with Crippen LogP contribution in [0.15, 0.2) is 18.2 Å². The van der Waals surface area contributed by atoms with Crippen molar-refractivity contribution in [2.45, 2.75) is 31.6 Å². The van der Waals surface area contributed by atoms with E-state index in [-0.39, 0.29) is 23.2 Å². The Morgan fingerprint density at radius 3 is 2.74 bits per heavy atom. The monoisotopic (exact) mass is 262 g/mol. The summed E-state index contributed by atoms with van der Waals surface area (Å²) >= 11 is 0. The molecule has 1 atom stereocenters. The van der Waals surface area contributed by atoms with Crippen molar-refractivity contribution in [3.05, 3.63) is 29.3 Å². The molecule has 0 bridgehead atoms. The molecule has 1 saturated carbocycles. The smallest absolute Gasteiger partial charge is 0.306 e. The lowest BCUT2D eigenvalue weighted by Crippen LogP contribution is -2.23. The first-order valence-electron chi connectivity index (χ1n) is 6.50. The van der Waals surface area contributed by atoms with Gasteiger partial charge in [-0.05, 0) is 42.4 Å². The second kappa shape index (κ2) is 5.87. The minimum absolute atomic E-state index is 0.0262. The molecule has 1 N–H and O–H groups in total. The molecule has 1 aliphatic rings. The molecule has 0 heterocycles. The second-order valence-corrected chi connectivity index (χ2v) is 5.01. The van der Waals surface area contributed by atoms with Gasteiger partial charge >= 0.3 is 5.97 Å². The lowest BCUT2D eigenvalue weighted by molar-refractivity contribution is -0.141. The van der Waals surface area contributed by atoms with Crippen molar-refractivity contribution >= 4 is 12.3 Å². The highest BCUT2D eigenvalue weighted by Crippen LogP contribution is 2.42. The molecule has 0 aromatic heterocycles. The number of carbonyl (C=O) groups is 2. The molecule has 4 nitrogen and oxygen atoms in total. The van der Waals surface area contributed by atoms with Gasteiger partial charge in [0.25, 0.3) is 0 Å². The molecule has 1 aliphatic carbocycles. The van der Waals surface area contributed by atoms with E-state index in [2.05, 4.69) is 0 Å². The number of aromatic hydroxyl groups is 1. The molecule has 19 heavy (non-hydrogen) atoms. The van der Waals surface area contributed by atoms with Gasteiger partial charge in [0.2, 0.25) is 0 Å². The molecular formula is C15H18O4. The van der Waals surface area contributed by atoms with Crippen molar-refractivity contribution in [2.24, 2.45) is 5.92 Å². The third kappa shape index (κ3) is 2.95. The van der Waals surface area contributed by atoms with E-state index < -0.39 is 0 Å². The van der Waals surface area contributed by atoms with Crippen LogP contribution in [0, 0.1) is 5.92 Å². The van der Waals surface area contributed by atoms with Crippen LogP contribution in [0.1, 0.15) is 47.5 Å².